The Balaban J connectivity index is 2.64. The first kappa shape index (κ1) is 15.1. The highest BCUT2D eigenvalue weighted by Crippen LogP contribution is 2.25. The second kappa shape index (κ2) is 6.25. The largest absolute Gasteiger partial charge is 0.328 e. The normalized spacial score (nSPS) is 13.7. The van der Waals surface area contributed by atoms with Crippen molar-refractivity contribution in [2.24, 2.45) is 5.73 Å². The van der Waals surface area contributed by atoms with Gasteiger partial charge >= 0.3 is 0 Å². The molecule has 1 aromatic carbocycles. The van der Waals surface area contributed by atoms with E-state index in [2.05, 4.69) is 5.32 Å². The Morgan fingerprint density at radius 3 is 2.61 bits per heavy atom. The second-order valence-electron chi connectivity index (χ2n) is 5.45. The van der Waals surface area contributed by atoms with E-state index in [4.69, 9.17) is 5.73 Å². The van der Waals surface area contributed by atoms with Gasteiger partial charge in [-0.2, -0.15) is 0 Å². The van der Waals surface area contributed by atoms with E-state index in [1.807, 2.05) is 20.8 Å². The maximum Gasteiger partial charge on any atom is 0.127 e. The highest BCUT2D eigenvalue weighted by molar-refractivity contribution is 5.26. The van der Waals surface area contributed by atoms with Crippen molar-refractivity contribution >= 4 is 0 Å². The van der Waals surface area contributed by atoms with E-state index in [1.165, 1.54) is 12.1 Å². The van der Waals surface area contributed by atoms with Crippen LogP contribution in [-0.4, -0.2) is 19.1 Å². The molecule has 0 amide bonds. The summed E-state index contributed by atoms with van der Waals surface area (Å²) in [6, 6.07) is 3.72. The number of nitrogens with two attached hydrogens (primary N) is 1. The molecule has 1 unspecified atom stereocenters. The van der Waals surface area contributed by atoms with Gasteiger partial charge in [0.2, 0.25) is 0 Å². The first-order chi connectivity index (χ1) is 8.33. The van der Waals surface area contributed by atoms with Gasteiger partial charge < -0.3 is 11.1 Å². The smallest absolute Gasteiger partial charge is 0.127 e. The van der Waals surface area contributed by atoms with Crippen LogP contribution in [0.3, 0.4) is 0 Å². The molecule has 0 aromatic heterocycles. The predicted octanol–water partition coefficient (Wildman–Crippen LogP) is 2.57. The summed E-state index contributed by atoms with van der Waals surface area (Å²) in [5.41, 5.74) is 5.59. The molecular formula is C14H22F2N2. The molecule has 0 aliphatic rings. The molecule has 0 saturated carbocycles. The molecule has 0 bridgehead atoms. The minimum Gasteiger partial charge on any atom is -0.328 e. The minimum atomic E-state index is -0.454. The van der Waals surface area contributed by atoms with Gasteiger partial charge in [-0.15, -0.1) is 0 Å². The van der Waals surface area contributed by atoms with Gasteiger partial charge in [-0.25, -0.2) is 8.78 Å². The summed E-state index contributed by atoms with van der Waals surface area (Å²) < 4.78 is 26.9. The molecule has 0 saturated heterocycles. The van der Waals surface area contributed by atoms with E-state index >= 15 is 0 Å². The fourth-order valence-corrected chi connectivity index (χ4v) is 1.84. The van der Waals surface area contributed by atoms with Crippen molar-refractivity contribution < 1.29 is 8.78 Å². The Labute approximate surface area is 108 Å². The SMILES string of the molecule is CC(N)CCNCC(C)(C)c1cc(F)ccc1F. The van der Waals surface area contributed by atoms with Crippen LogP contribution in [0.1, 0.15) is 32.8 Å². The summed E-state index contributed by atoms with van der Waals surface area (Å²) in [4.78, 5) is 0. The number of halogens is 2. The fourth-order valence-electron chi connectivity index (χ4n) is 1.84. The van der Waals surface area contributed by atoms with Gasteiger partial charge in [-0.3, -0.25) is 0 Å². The summed E-state index contributed by atoms with van der Waals surface area (Å²) >= 11 is 0. The number of hydrogen-bond donors (Lipinski definition) is 2. The van der Waals surface area contributed by atoms with Gasteiger partial charge in [0.15, 0.2) is 0 Å². The van der Waals surface area contributed by atoms with E-state index in [9.17, 15) is 8.78 Å². The number of rotatable bonds is 6. The highest BCUT2D eigenvalue weighted by Gasteiger charge is 2.24. The van der Waals surface area contributed by atoms with E-state index in [0.717, 1.165) is 19.0 Å². The number of nitrogens with one attached hydrogen (secondary N) is 1. The van der Waals surface area contributed by atoms with E-state index in [1.54, 1.807) is 0 Å². The lowest BCUT2D eigenvalue weighted by Gasteiger charge is -2.26. The van der Waals surface area contributed by atoms with Crippen molar-refractivity contribution in [3.63, 3.8) is 0 Å². The van der Waals surface area contributed by atoms with Crippen LogP contribution in [0.15, 0.2) is 18.2 Å². The molecular weight excluding hydrogens is 234 g/mol. The van der Waals surface area contributed by atoms with Gasteiger partial charge in [0.1, 0.15) is 11.6 Å². The van der Waals surface area contributed by atoms with Crippen LogP contribution in [0.4, 0.5) is 8.78 Å². The molecule has 0 radical (unpaired) electrons. The Kier molecular flexibility index (Phi) is 5.23. The third-order valence-electron chi connectivity index (χ3n) is 3.00. The summed E-state index contributed by atoms with van der Waals surface area (Å²) in [7, 11) is 0. The Hall–Kier alpha value is -1.00. The molecule has 0 aliphatic carbocycles. The summed E-state index contributed by atoms with van der Waals surface area (Å²) in [6.45, 7) is 7.09. The van der Waals surface area contributed by atoms with Crippen molar-refractivity contribution in [3.05, 3.63) is 35.4 Å². The average Bonchev–Trinajstić information content (AvgIpc) is 2.27. The summed E-state index contributed by atoms with van der Waals surface area (Å²) in [5.74, 6) is -0.773. The van der Waals surface area contributed by atoms with Crippen LogP contribution in [0.25, 0.3) is 0 Å². The summed E-state index contributed by atoms with van der Waals surface area (Å²) in [5, 5.41) is 3.23. The summed E-state index contributed by atoms with van der Waals surface area (Å²) in [6.07, 6.45) is 0.863. The molecule has 1 atom stereocenters. The molecule has 0 fully saturated rings. The number of benzene rings is 1. The zero-order valence-corrected chi connectivity index (χ0v) is 11.3. The zero-order chi connectivity index (χ0) is 13.8. The lowest BCUT2D eigenvalue weighted by atomic mass is 9.84. The van der Waals surface area contributed by atoms with Crippen molar-refractivity contribution in [2.45, 2.75) is 38.6 Å². The lowest BCUT2D eigenvalue weighted by molar-refractivity contribution is 0.434. The molecule has 0 heterocycles. The first-order valence-corrected chi connectivity index (χ1v) is 6.25. The molecule has 18 heavy (non-hydrogen) atoms. The van der Waals surface area contributed by atoms with Crippen molar-refractivity contribution in [1.82, 2.24) is 5.32 Å². The minimum absolute atomic E-state index is 0.145. The molecule has 4 heteroatoms. The fraction of sp³-hybridized carbons (Fsp3) is 0.571. The number of hydrogen-bond acceptors (Lipinski definition) is 2. The van der Waals surface area contributed by atoms with Crippen molar-refractivity contribution in [2.75, 3.05) is 13.1 Å². The van der Waals surface area contributed by atoms with Crippen LogP contribution in [-0.2, 0) is 5.41 Å². The monoisotopic (exact) mass is 256 g/mol. The van der Waals surface area contributed by atoms with Crippen molar-refractivity contribution in [1.29, 1.82) is 0 Å². The quantitative estimate of drug-likeness (QED) is 0.768. The Morgan fingerprint density at radius 2 is 2.00 bits per heavy atom. The van der Waals surface area contributed by atoms with Gasteiger partial charge in [0.25, 0.3) is 0 Å². The topological polar surface area (TPSA) is 38.0 Å². The van der Waals surface area contributed by atoms with E-state index in [-0.39, 0.29) is 11.9 Å². The van der Waals surface area contributed by atoms with Gasteiger partial charge in [-0.05, 0) is 43.7 Å². The molecule has 2 nitrogen and oxygen atoms in total. The third-order valence-corrected chi connectivity index (χ3v) is 3.00. The van der Waals surface area contributed by atoms with Crippen molar-refractivity contribution in [3.8, 4) is 0 Å². The average molecular weight is 256 g/mol. The van der Waals surface area contributed by atoms with Gasteiger partial charge in [0.05, 0.1) is 0 Å². The molecule has 1 rings (SSSR count). The Morgan fingerprint density at radius 1 is 1.33 bits per heavy atom. The van der Waals surface area contributed by atoms with Crippen LogP contribution in [0.2, 0.25) is 0 Å². The van der Waals surface area contributed by atoms with Crippen LogP contribution in [0, 0.1) is 11.6 Å². The van der Waals surface area contributed by atoms with E-state index < -0.39 is 11.2 Å². The molecule has 102 valence electrons. The molecule has 0 spiro atoms. The maximum absolute atomic E-state index is 13.7. The predicted molar refractivity (Wildman–Crippen MR) is 70.5 cm³/mol. The van der Waals surface area contributed by atoms with Gasteiger partial charge in [0, 0.05) is 18.0 Å². The molecule has 1 aromatic rings. The van der Waals surface area contributed by atoms with Crippen LogP contribution in [0.5, 0.6) is 0 Å². The van der Waals surface area contributed by atoms with Gasteiger partial charge in [-0.1, -0.05) is 13.8 Å². The Bertz CT molecular complexity index is 389. The lowest BCUT2D eigenvalue weighted by Crippen LogP contribution is -2.35. The molecule has 0 aliphatic heterocycles. The zero-order valence-electron chi connectivity index (χ0n) is 11.3. The standard InChI is InChI=1S/C14H22F2N2/c1-10(17)6-7-18-9-14(2,3)12-8-11(15)4-5-13(12)16/h4-5,8,10,18H,6-7,9,17H2,1-3H3. The first-order valence-electron chi connectivity index (χ1n) is 6.25. The highest BCUT2D eigenvalue weighted by atomic mass is 19.1. The second-order valence-corrected chi connectivity index (χ2v) is 5.45. The van der Waals surface area contributed by atoms with Crippen LogP contribution < -0.4 is 11.1 Å². The van der Waals surface area contributed by atoms with E-state index in [0.29, 0.717) is 12.1 Å². The third kappa shape index (κ3) is 4.35. The van der Waals surface area contributed by atoms with Crippen LogP contribution >= 0.6 is 0 Å². The maximum atomic E-state index is 13.7. The molecule has 3 N–H and O–H groups in total.